The highest BCUT2D eigenvalue weighted by Crippen LogP contribution is 2.32. The summed E-state index contributed by atoms with van der Waals surface area (Å²) in [6.45, 7) is 4.11. The summed E-state index contributed by atoms with van der Waals surface area (Å²) < 4.78 is 38.0. The van der Waals surface area contributed by atoms with Crippen LogP contribution in [0.4, 0.5) is 24.5 Å². The molecule has 5 nitrogen and oxygen atoms in total. The zero-order valence-corrected chi connectivity index (χ0v) is 21.4. The summed E-state index contributed by atoms with van der Waals surface area (Å²) in [6, 6.07) is 26.9. The van der Waals surface area contributed by atoms with Crippen LogP contribution in [-0.2, 0) is 11.0 Å². The monoisotopic (exact) mass is 558 g/mol. The molecule has 0 spiro atoms. The summed E-state index contributed by atoms with van der Waals surface area (Å²) in [7, 11) is 0. The standard InChI is InChI=1S/C19H18F3N3.C9H9NO.2CH4.H2S/c1-14(15-7-9-16(10-8-15)19(20,21)22)24-18(11-23)12-25(13-18)17-5-3-2-4-6-17;11-9-6-10(7-9)8-4-2-1-3-5-8;;;/h2-10,14,24H,12-13H2,1H3;1-5H,6-7H2;2*1H4;1H2/t14-;;;;/m0..../s1. The van der Waals surface area contributed by atoms with Crippen molar-refractivity contribution in [1.82, 2.24) is 5.32 Å². The van der Waals surface area contributed by atoms with E-state index in [1.165, 1.54) is 12.1 Å². The average molecular weight is 559 g/mol. The molecule has 9 heteroatoms. The van der Waals surface area contributed by atoms with Gasteiger partial charge in [-0.05, 0) is 48.9 Å². The Kier molecular flexibility index (Phi) is 12.1. The number of benzene rings is 3. The molecule has 0 saturated carbocycles. The lowest BCUT2D eigenvalue weighted by molar-refractivity contribution is -0.137. The Balaban J connectivity index is 0.000000460. The van der Waals surface area contributed by atoms with E-state index in [4.69, 9.17) is 0 Å². The normalized spacial score (nSPS) is 15.8. The molecule has 0 bridgehead atoms. The molecule has 210 valence electrons. The number of nitrogens with zero attached hydrogens (tertiary/aromatic N) is 3. The molecule has 0 unspecified atom stereocenters. The second kappa shape index (κ2) is 14.1. The fraction of sp³-hybridized carbons (Fsp3) is 0.333. The lowest BCUT2D eigenvalue weighted by Gasteiger charge is -2.48. The summed E-state index contributed by atoms with van der Waals surface area (Å²) in [5.74, 6) is 0.328. The van der Waals surface area contributed by atoms with E-state index in [-0.39, 0.29) is 34.4 Å². The van der Waals surface area contributed by atoms with E-state index < -0.39 is 17.3 Å². The first-order valence-electron chi connectivity index (χ1n) is 11.7. The van der Waals surface area contributed by atoms with Crippen molar-refractivity contribution >= 4 is 30.7 Å². The minimum absolute atomic E-state index is 0. The van der Waals surface area contributed by atoms with Gasteiger partial charge in [0.25, 0.3) is 0 Å². The Bertz CT molecular complexity index is 1200. The van der Waals surface area contributed by atoms with Gasteiger partial charge in [-0.25, -0.2) is 0 Å². The second-order valence-electron chi connectivity index (χ2n) is 9.10. The topological polar surface area (TPSA) is 59.4 Å². The predicted octanol–water partition coefficient (Wildman–Crippen LogP) is 6.60. The number of anilines is 2. The summed E-state index contributed by atoms with van der Waals surface area (Å²) in [6.07, 6.45) is -4.34. The number of rotatable bonds is 5. The molecule has 2 saturated heterocycles. The third-order valence-electron chi connectivity index (χ3n) is 6.34. The SMILES string of the molecule is C.C.C[C@H](NC1(C#N)CN(c2ccccc2)C1)c1ccc(C(F)(F)F)cc1.O=C1CN(c2ccccc2)C1.S. The minimum atomic E-state index is -4.34. The maximum absolute atomic E-state index is 12.7. The average Bonchev–Trinajstić information content (AvgIpc) is 2.85. The van der Waals surface area contributed by atoms with E-state index in [1.807, 2.05) is 67.6 Å². The van der Waals surface area contributed by atoms with Crippen LogP contribution in [-0.4, -0.2) is 37.5 Å². The van der Waals surface area contributed by atoms with E-state index in [0.29, 0.717) is 32.0 Å². The van der Waals surface area contributed by atoms with Crippen LogP contribution in [0.15, 0.2) is 84.9 Å². The molecule has 1 N–H and O–H groups in total. The molecular weight excluding hydrogens is 521 g/mol. The van der Waals surface area contributed by atoms with Crippen LogP contribution in [0.25, 0.3) is 0 Å². The van der Waals surface area contributed by atoms with E-state index in [1.54, 1.807) is 0 Å². The molecule has 0 aromatic heterocycles. The largest absolute Gasteiger partial charge is 0.416 e. The molecule has 2 fully saturated rings. The highest BCUT2D eigenvalue weighted by atomic mass is 32.1. The molecule has 39 heavy (non-hydrogen) atoms. The van der Waals surface area contributed by atoms with Gasteiger partial charge in [0.1, 0.15) is 5.54 Å². The Labute approximate surface area is 236 Å². The molecule has 2 heterocycles. The van der Waals surface area contributed by atoms with Crippen LogP contribution in [0.5, 0.6) is 0 Å². The molecule has 3 aromatic rings. The van der Waals surface area contributed by atoms with Crippen LogP contribution in [0, 0.1) is 11.3 Å². The summed E-state index contributed by atoms with van der Waals surface area (Å²) >= 11 is 0. The highest BCUT2D eigenvalue weighted by Gasteiger charge is 2.44. The van der Waals surface area contributed by atoms with E-state index >= 15 is 0 Å². The molecule has 1 atom stereocenters. The Hall–Kier alpha value is -3.48. The molecule has 0 aliphatic carbocycles. The first-order valence-corrected chi connectivity index (χ1v) is 11.7. The summed E-state index contributed by atoms with van der Waals surface area (Å²) in [5, 5.41) is 12.8. The number of alkyl halides is 3. The maximum atomic E-state index is 12.7. The summed E-state index contributed by atoms with van der Waals surface area (Å²) in [4.78, 5) is 14.8. The van der Waals surface area contributed by atoms with Gasteiger partial charge in [-0.2, -0.15) is 31.9 Å². The van der Waals surface area contributed by atoms with Crippen molar-refractivity contribution in [3.63, 3.8) is 0 Å². The molecule has 0 radical (unpaired) electrons. The van der Waals surface area contributed by atoms with Gasteiger partial charge in [0.2, 0.25) is 0 Å². The van der Waals surface area contributed by atoms with Crippen molar-refractivity contribution < 1.29 is 18.0 Å². The molecule has 2 aliphatic heterocycles. The second-order valence-corrected chi connectivity index (χ2v) is 9.10. The fourth-order valence-corrected chi connectivity index (χ4v) is 4.28. The number of hydrogen-bond acceptors (Lipinski definition) is 5. The van der Waals surface area contributed by atoms with Crippen molar-refractivity contribution in [2.24, 2.45) is 0 Å². The van der Waals surface area contributed by atoms with Crippen LogP contribution in [0.1, 0.15) is 38.9 Å². The third-order valence-corrected chi connectivity index (χ3v) is 6.34. The third kappa shape index (κ3) is 8.25. The van der Waals surface area contributed by atoms with Gasteiger partial charge in [0.15, 0.2) is 5.78 Å². The van der Waals surface area contributed by atoms with Gasteiger partial charge in [-0.15, -0.1) is 0 Å². The van der Waals surface area contributed by atoms with Crippen molar-refractivity contribution in [1.29, 1.82) is 5.26 Å². The lowest BCUT2D eigenvalue weighted by Crippen LogP contribution is -2.69. The summed E-state index contributed by atoms with van der Waals surface area (Å²) in [5.41, 5.74) is 1.56. The van der Waals surface area contributed by atoms with Gasteiger partial charge >= 0.3 is 6.18 Å². The van der Waals surface area contributed by atoms with Gasteiger partial charge in [-0.1, -0.05) is 63.4 Å². The highest BCUT2D eigenvalue weighted by molar-refractivity contribution is 7.59. The molecular formula is C30H37F3N4OS. The Morgan fingerprint density at radius 2 is 1.31 bits per heavy atom. The number of nitrogens with one attached hydrogen (secondary N) is 1. The maximum Gasteiger partial charge on any atom is 0.416 e. The smallest absolute Gasteiger partial charge is 0.366 e. The number of carbonyl (C=O) groups is 1. The molecule has 2 aliphatic rings. The van der Waals surface area contributed by atoms with Gasteiger partial charge in [0, 0.05) is 17.4 Å². The number of nitriles is 1. The van der Waals surface area contributed by atoms with Crippen LogP contribution >= 0.6 is 13.5 Å². The molecule has 0 amide bonds. The Morgan fingerprint density at radius 1 is 0.846 bits per heavy atom. The van der Waals surface area contributed by atoms with Crippen molar-refractivity contribution in [2.75, 3.05) is 36.0 Å². The number of ketones is 1. The lowest BCUT2D eigenvalue weighted by atomic mass is 9.89. The Morgan fingerprint density at radius 3 is 1.72 bits per heavy atom. The van der Waals surface area contributed by atoms with Crippen LogP contribution in [0.3, 0.4) is 0 Å². The van der Waals surface area contributed by atoms with Crippen molar-refractivity contribution in [3.05, 3.63) is 96.1 Å². The first kappa shape index (κ1) is 33.5. The van der Waals surface area contributed by atoms with Crippen molar-refractivity contribution in [2.45, 2.75) is 39.5 Å². The molecule has 3 aromatic carbocycles. The van der Waals surface area contributed by atoms with E-state index in [2.05, 4.69) is 21.2 Å². The van der Waals surface area contributed by atoms with Gasteiger partial charge in [-0.3, -0.25) is 10.1 Å². The van der Waals surface area contributed by atoms with Crippen LogP contribution in [0.2, 0.25) is 0 Å². The number of halogens is 3. The first-order chi connectivity index (χ1) is 17.2. The number of para-hydroxylation sites is 2. The fourth-order valence-electron chi connectivity index (χ4n) is 4.28. The van der Waals surface area contributed by atoms with Crippen LogP contribution < -0.4 is 15.1 Å². The number of Topliss-reactive ketones (excluding diaryl/α,β-unsaturated/α-hetero) is 1. The molecule has 5 rings (SSSR count). The minimum Gasteiger partial charge on any atom is -0.366 e. The zero-order valence-electron chi connectivity index (χ0n) is 20.4. The quantitative estimate of drug-likeness (QED) is 0.382. The number of carbonyl (C=O) groups excluding carboxylic acids is 1. The van der Waals surface area contributed by atoms with Gasteiger partial charge < -0.3 is 9.80 Å². The predicted molar refractivity (Wildman–Crippen MR) is 157 cm³/mol. The number of hydrogen-bond donors (Lipinski definition) is 1. The van der Waals surface area contributed by atoms with Crippen molar-refractivity contribution in [3.8, 4) is 6.07 Å². The van der Waals surface area contributed by atoms with E-state index in [0.717, 1.165) is 29.1 Å². The zero-order chi connectivity index (χ0) is 25.8. The van der Waals surface area contributed by atoms with Gasteiger partial charge in [0.05, 0.1) is 37.8 Å². The van der Waals surface area contributed by atoms with E-state index in [9.17, 15) is 23.2 Å².